The lowest BCUT2D eigenvalue weighted by Crippen LogP contribution is -2.32. The monoisotopic (exact) mass is 272 g/mol. The van der Waals surface area contributed by atoms with Crippen LogP contribution in [0.1, 0.15) is 26.2 Å². The Labute approximate surface area is 113 Å². The molecule has 1 fully saturated rings. The van der Waals surface area contributed by atoms with Gasteiger partial charge >= 0.3 is 0 Å². The van der Waals surface area contributed by atoms with Crippen molar-refractivity contribution < 1.29 is 19.4 Å². The van der Waals surface area contributed by atoms with E-state index in [0.29, 0.717) is 38.6 Å². The van der Waals surface area contributed by atoms with Gasteiger partial charge in [-0.25, -0.2) is 0 Å². The summed E-state index contributed by atoms with van der Waals surface area (Å²) in [5.41, 5.74) is 0. The van der Waals surface area contributed by atoms with Gasteiger partial charge in [0.1, 0.15) is 0 Å². The van der Waals surface area contributed by atoms with Crippen molar-refractivity contribution in [2.45, 2.75) is 26.2 Å². The molecule has 0 aliphatic heterocycles. The highest BCUT2D eigenvalue weighted by molar-refractivity contribution is 5.82. The van der Waals surface area contributed by atoms with Crippen LogP contribution in [0.3, 0.4) is 0 Å². The molecule has 0 bridgehead atoms. The first-order valence-electron chi connectivity index (χ1n) is 6.88. The first kappa shape index (κ1) is 15.9. The van der Waals surface area contributed by atoms with E-state index >= 15 is 0 Å². The van der Waals surface area contributed by atoms with Gasteiger partial charge in [0, 0.05) is 32.0 Å². The number of carbonyl (C=O) groups is 2. The predicted octanol–water partition coefficient (Wildman–Crippen LogP) is -0.336. The number of ether oxygens (including phenoxy) is 1. The van der Waals surface area contributed by atoms with E-state index in [1.807, 2.05) is 0 Å². The van der Waals surface area contributed by atoms with Crippen molar-refractivity contribution >= 4 is 11.8 Å². The second-order valence-electron chi connectivity index (χ2n) is 4.90. The van der Waals surface area contributed by atoms with Crippen molar-refractivity contribution in [2.24, 2.45) is 11.8 Å². The van der Waals surface area contributed by atoms with Gasteiger partial charge in [-0.15, -0.1) is 0 Å². The zero-order valence-corrected chi connectivity index (χ0v) is 11.5. The fourth-order valence-corrected chi connectivity index (χ4v) is 1.77. The third-order valence-corrected chi connectivity index (χ3v) is 3.12. The molecular formula is C13H24N2O4. The van der Waals surface area contributed by atoms with E-state index in [4.69, 9.17) is 9.84 Å². The van der Waals surface area contributed by atoms with Crippen LogP contribution in [0.25, 0.3) is 0 Å². The summed E-state index contributed by atoms with van der Waals surface area (Å²) in [6.45, 7) is 3.88. The minimum Gasteiger partial charge on any atom is -0.394 e. The summed E-state index contributed by atoms with van der Waals surface area (Å²) in [5.74, 6) is 0.656. The molecule has 2 unspecified atom stereocenters. The number of carbonyl (C=O) groups excluding carboxylic acids is 2. The Balaban J connectivity index is 1.89. The molecule has 3 N–H and O–H groups in total. The van der Waals surface area contributed by atoms with E-state index < -0.39 is 0 Å². The van der Waals surface area contributed by atoms with Crippen molar-refractivity contribution in [3.63, 3.8) is 0 Å². The summed E-state index contributed by atoms with van der Waals surface area (Å²) in [4.78, 5) is 22.9. The lowest BCUT2D eigenvalue weighted by Gasteiger charge is -2.06. The quantitative estimate of drug-likeness (QED) is 0.475. The van der Waals surface area contributed by atoms with Gasteiger partial charge in [0.05, 0.1) is 13.2 Å². The van der Waals surface area contributed by atoms with Crippen LogP contribution in [0.4, 0.5) is 0 Å². The van der Waals surface area contributed by atoms with E-state index in [-0.39, 0.29) is 24.3 Å². The summed E-state index contributed by atoms with van der Waals surface area (Å²) in [6.07, 6.45) is 1.99. The molecule has 0 spiro atoms. The topological polar surface area (TPSA) is 87.7 Å². The molecule has 19 heavy (non-hydrogen) atoms. The molecule has 2 atom stereocenters. The molecular weight excluding hydrogens is 248 g/mol. The average Bonchev–Trinajstić information content (AvgIpc) is 3.11. The molecule has 0 aromatic rings. The molecule has 6 heteroatoms. The molecule has 0 heterocycles. The molecule has 1 rings (SSSR count). The third kappa shape index (κ3) is 7.12. The maximum Gasteiger partial charge on any atom is 0.223 e. The Morgan fingerprint density at radius 2 is 2.00 bits per heavy atom. The smallest absolute Gasteiger partial charge is 0.223 e. The van der Waals surface area contributed by atoms with E-state index in [9.17, 15) is 9.59 Å². The number of rotatable bonds is 10. The third-order valence-electron chi connectivity index (χ3n) is 3.12. The number of aliphatic hydroxyl groups excluding tert-OH is 1. The largest absolute Gasteiger partial charge is 0.394 e. The Hall–Kier alpha value is -1.14. The molecule has 1 saturated carbocycles. The van der Waals surface area contributed by atoms with Gasteiger partial charge in [0.25, 0.3) is 0 Å². The van der Waals surface area contributed by atoms with Crippen molar-refractivity contribution in [3.05, 3.63) is 0 Å². The maximum atomic E-state index is 11.5. The van der Waals surface area contributed by atoms with E-state index in [1.54, 1.807) is 0 Å². The van der Waals surface area contributed by atoms with Crippen LogP contribution in [0.5, 0.6) is 0 Å². The average molecular weight is 272 g/mol. The maximum absolute atomic E-state index is 11.5. The van der Waals surface area contributed by atoms with E-state index in [2.05, 4.69) is 17.6 Å². The predicted molar refractivity (Wildman–Crippen MR) is 70.4 cm³/mol. The minimum atomic E-state index is -0.0636. The second kappa shape index (κ2) is 8.87. The highest BCUT2D eigenvalue weighted by Crippen LogP contribution is 2.37. The SMILES string of the molecule is CC1CC1C(=O)NCCC(=O)NCCCOCCO. The Bertz CT molecular complexity index is 296. The number of hydrogen-bond acceptors (Lipinski definition) is 4. The molecule has 6 nitrogen and oxygen atoms in total. The lowest BCUT2D eigenvalue weighted by atomic mass is 10.3. The Morgan fingerprint density at radius 1 is 1.26 bits per heavy atom. The van der Waals surface area contributed by atoms with Crippen LogP contribution in [0, 0.1) is 11.8 Å². The number of amides is 2. The van der Waals surface area contributed by atoms with Crippen LogP contribution < -0.4 is 10.6 Å². The summed E-state index contributed by atoms with van der Waals surface area (Å²) in [6, 6.07) is 0. The van der Waals surface area contributed by atoms with Crippen LogP contribution in [-0.4, -0.2) is 49.8 Å². The number of aliphatic hydroxyl groups is 1. The van der Waals surface area contributed by atoms with Gasteiger partial charge in [-0.1, -0.05) is 6.92 Å². The fourth-order valence-electron chi connectivity index (χ4n) is 1.77. The van der Waals surface area contributed by atoms with Gasteiger partial charge in [-0.2, -0.15) is 0 Å². The van der Waals surface area contributed by atoms with E-state index in [1.165, 1.54) is 0 Å². The lowest BCUT2D eigenvalue weighted by molar-refractivity contribution is -0.123. The highest BCUT2D eigenvalue weighted by atomic mass is 16.5. The van der Waals surface area contributed by atoms with Gasteiger partial charge < -0.3 is 20.5 Å². The minimum absolute atomic E-state index is 0.0195. The second-order valence-corrected chi connectivity index (χ2v) is 4.90. The molecule has 1 aliphatic rings. The van der Waals surface area contributed by atoms with Crippen LogP contribution in [-0.2, 0) is 14.3 Å². The molecule has 2 amide bonds. The fraction of sp³-hybridized carbons (Fsp3) is 0.846. The van der Waals surface area contributed by atoms with Gasteiger partial charge in [0.2, 0.25) is 11.8 Å². The van der Waals surface area contributed by atoms with Crippen molar-refractivity contribution in [1.29, 1.82) is 0 Å². The molecule has 0 aromatic heterocycles. The number of hydrogen-bond donors (Lipinski definition) is 3. The summed E-state index contributed by atoms with van der Waals surface area (Å²) in [7, 11) is 0. The normalized spacial score (nSPS) is 20.9. The van der Waals surface area contributed by atoms with Crippen LogP contribution >= 0.6 is 0 Å². The Kier molecular flexibility index (Phi) is 7.43. The number of nitrogens with one attached hydrogen (secondary N) is 2. The van der Waals surface area contributed by atoms with Gasteiger partial charge in [-0.3, -0.25) is 9.59 Å². The highest BCUT2D eigenvalue weighted by Gasteiger charge is 2.38. The standard InChI is InChI=1S/C13H24N2O4/c1-10-9-11(10)13(18)15-5-3-12(17)14-4-2-7-19-8-6-16/h10-11,16H,2-9H2,1H3,(H,14,17)(H,15,18). The first-order chi connectivity index (χ1) is 9.15. The van der Waals surface area contributed by atoms with Gasteiger partial charge in [0.15, 0.2) is 0 Å². The zero-order chi connectivity index (χ0) is 14.1. The molecule has 0 saturated heterocycles. The summed E-state index contributed by atoms with van der Waals surface area (Å²) in [5, 5.41) is 14.0. The molecule has 110 valence electrons. The van der Waals surface area contributed by atoms with Crippen LogP contribution in [0.15, 0.2) is 0 Å². The van der Waals surface area contributed by atoms with Gasteiger partial charge in [-0.05, 0) is 18.8 Å². The summed E-state index contributed by atoms with van der Waals surface area (Å²) >= 11 is 0. The van der Waals surface area contributed by atoms with Crippen LogP contribution in [0.2, 0.25) is 0 Å². The molecule has 1 aliphatic carbocycles. The first-order valence-corrected chi connectivity index (χ1v) is 6.88. The summed E-state index contributed by atoms with van der Waals surface area (Å²) < 4.78 is 5.06. The van der Waals surface area contributed by atoms with E-state index in [0.717, 1.165) is 12.8 Å². The zero-order valence-electron chi connectivity index (χ0n) is 11.5. The molecule has 0 aromatic carbocycles. The van der Waals surface area contributed by atoms with Crippen molar-refractivity contribution in [2.75, 3.05) is 32.9 Å². The Morgan fingerprint density at radius 3 is 2.63 bits per heavy atom. The van der Waals surface area contributed by atoms with Crippen molar-refractivity contribution in [1.82, 2.24) is 10.6 Å². The molecule has 0 radical (unpaired) electrons. The van der Waals surface area contributed by atoms with Crippen molar-refractivity contribution in [3.8, 4) is 0 Å².